The van der Waals surface area contributed by atoms with Crippen LogP contribution in [0.25, 0.3) is 0 Å². The average molecular weight is 549 g/mol. The lowest BCUT2D eigenvalue weighted by Gasteiger charge is -2.38. The number of esters is 1. The molecule has 1 saturated heterocycles. The average Bonchev–Trinajstić information content (AvgIpc) is 3.07. The van der Waals surface area contributed by atoms with Gasteiger partial charge in [0.1, 0.15) is 0 Å². The molecule has 1 N–H and O–H groups in total. The molecular weight excluding hydrogens is 515 g/mol. The Morgan fingerprint density at radius 3 is 2.57 bits per heavy atom. The van der Waals surface area contributed by atoms with Crippen LogP contribution >= 0.6 is 23.2 Å². The molecule has 1 aromatic rings. The predicted molar refractivity (Wildman–Crippen MR) is 143 cm³/mol. The van der Waals surface area contributed by atoms with Gasteiger partial charge in [-0.25, -0.2) is 9.59 Å². The minimum absolute atomic E-state index is 0.168. The molecule has 0 radical (unpaired) electrons. The third-order valence-corrected chi connectivity index (χ3v) is 7.99. The molecule has 37 heavy (non-hydrogen) atoms. The number of carbonyl (C=O) groups is 3. The molecule has 4 rings (SSSR count). The van der Waals surface area contributed by atoms with Crippen molar-refractivity contribution in [2.45, 2.75) is 38.6 Å². The fourth-order valence-electron chi connectivity index (χ4n) is 5.06. The van der Waals surface area contributed by atoms with Crippen LogP contribution in [-0.2, 0) is 14.3 Å². The molecule has 2 aliphatic heterocycles. The number of rotatable bonds is 8. The van der Waals surface area contributed by atoms with Gasteiger partial charge in [0.05, 0.1) is 28.3 Å². The van der Waals surface area contributed by atoms with Gasteiger partial charge in [0.2, 0.25) is 5.91 Å². The van der Waals surface area contributed by atoms with Crippen molar-refractivity contribution >= 4 is 41.1 Å². The van der Waals surface area contributed by atoms with Crippen molar-refractivity contribution in [3.63, 3.8) is 0 Å². The van der Waals surface area contributed by atoms with Crippen LogP contribution in [0, 0.1) is 5.92 Å². The first-order chi connectivity index (χ1) is 17.8. The molecule has 3 amide bonds. The maximum Gasteiger partial charge on any atom is 0.338 e. The summed E-state index contributed by atoms with van der Waals surface area (Å²) in [6.07, 6.45) is 5.54. The van der Waals surface area contributed by atoms with Crippen molar-refractivity contribution in [3.05, 3.63) is 57.7 Å². The Hall–Kier alpha value is -2.55. The van der Waals surface area contributed by atoms with Crippen LogP contribution in [0.4, 0.5) is 4.79 Å². The summed E-state index contributed by atoms with van der Waals surface area (Å²) in [5, 5.41) is 3.65. The number of halogens is 2. The van der Waals surface area contributed by atoms with E-state index >= 15 is 0 Å². The van der Waals surface area contributed by atoms with E-state index in [9.17, 15) is 14.4 Å². The molecule has 0 spiro atoms. The summed E-state index contributed by atoms with van der Waals surface area (Å²) in [6.45, 7) is 9.08. The van der Waals surface area contributed by atoms with Gasteiger partial charge in [-0.3, -0.25) is 14.6 Å². The Balaban J connectivity index is 1.67. The lowest BCUT2D eigenvalue weighted by atomic mass is 9.84. The number of urea groups is 1. The molecule has 1 saturated carbocycles. The lowest BCUT2D eigenvalue weighted by Crippen LogP contribution is -2.51. The molecule has 3 aliphatic rings. The zero-order chi connectivity index (χ0) is 26.5. The topological polar surface area (TPSA) is 82.2 Å². The standard InChI is InChI=1S/C27H34Cl2N4O4/c1-3-11-33-22(17-31-12-6-13-32(15-14-31)25(34)18-7-5-8-18)23(26(35)37-4-2)24(30-27(33)36)19-9-10-20(28)21(29)16-19/h3,9-10,16,18,24H,1,4-8,11-15,17H2,2H3,(H,30,36). The van der Waals surface area contributed by atoms with E-state index in [0.29, 0.717) is 46.5 Å². The van der Waals surface area contributed by atoms with Gasteiger partial charge < -0.3 is 15.0 Å². The van der Waals surface area contributed by atoms with Gasteiger partial charge in [0, 0.05) is 50.9 Å². The predicted octanol–water partition coefficient (Wildman–Crippen LogP) is 4.40. The van der Waals surface area contributed by atoms with Crippen LogP contribution in [0.3, 0.4) is 0 Å². The molecule has 1 aromatic carbocycles. The summed E-state index contributed by atoms with van der Waals surface area (Å²) in [5.41, 5.74) is 1.56. The minimum Gasteiger partial charge on any atom is -0.463 e. The Kier molecular flexibility index (Phi) is 9.16. The molecule has 200 valence electrons. The van der Waals surface area contributed by atoms with Crippen molar-refractivity contribution < 1.29 is 19.1 Å². The molecule has 8 nitrogen and oxygen atoms in total. The highest BCUT2D eigenvalue weighted by Gasteiger charge is 2.39. The highest BCUT2D eigenvalue weighted by Crippen LogP contribution is 2.35. The van der Waals surface area contributed by atoms with Gasteiger partial charge in [0.15, 0.2) is 0 Å². The van der Waals surface area contributed by atoms with Crippen molar-refractivity contribution in [1.82, 2.24) is 20.0 Å². The smallest absolute Gasteiger partial charge is 0.338 e. The van der Waals surface area contributed by atoms with E-state index in [1.165, 1.54) is 4.90 Å². The summed E-state index contributed by atoms with van der Waals surface area (Å²) in [4.78, 5) is 45.1. The number of carbonyl (C=O) groups excluding carboxylic acids is 3. The van der Waals surface area contributed by atoms with Gasteiger partial charge in [0.25, 0.3) is 0 Å². The van der Waals surface area contributed by atoms with Crippen LogP contribution < -0.4 is 5.32 Å². The van der Waals surface area contributed by atoms with Crippen molar-refractivity contribution in [3.8, 4) is 0 Å². The van der Waals surface area contributed by atoms with Crippen LogP contribution in [0.15, 0.2) is 42.1 Å². The highest BCUT2D eigenvalue weighted by atomic mass is 35.5. The molecule has 0 bridgehead atoms. The van der Waals surface area contributed by atoms with Gasteiger partial charge in [-0.05, 0) is 43.9 Å². The Morgan fingerprint density at radius 1 is 1.14 bits per heavy atom. The van der Waals surface area contributed by atoms with Crippen LogP contribution in [0.5, 0.6) is 0 Å². The summed E-state index contributed by atoms with van der Waals surface area (Å²) in [5.74, 6) is -0.0782. The zero-order valence-corrected chi connectivity index (χ0v) is 22.7. The fourth-order valence-corrected chi connectivity index (χ4v) is 5.37. The van der Waals surface area contributed by atoms with Crippen molar-refractivity contribution in [1.29, 1.82) is 0 Å². The third-order valence-electron chi connectivity index (χ3n) is 7.25. The first kappa shape index (κ1) is 27.5. The maximum atomic E-state index is 13.4. The Morgan fingerprint density at radius 2 is 1.92 bits per heavy atom. The molecule has 2 heterocycles. The number of ether oxygens (including phenoxy) is 1. The van der Waals surface area contributed by atoms with Gasteiger partial charge in [-0.15, -0.1) is 6.58 Å². The molecule has 1 aliphatic carbocycles. The van der Waals surface area contributed by atoms with Crippen LogP contribution in [-0.4, -0.2) is 78.5 Å². The van der Waals surface area contributed by atoms with E-state index in [4.69, 9.17) is 27.9 Å². The molecule has 1 atom stereocenters. The zero-order valence-electron chi connectivity index (χ0n) is 21.2. The van der Waals surface area contributed by atoms with Gasteiger partial charge >= 0.3 is 12.0 Å². The summed E-state index contributed by atoms with van der Waals surface area (Å²) < 4.78 is 5.46. The minimum atomic E-state index is -0.749. The quantitative estimate of drug-likeness (QED) is 0.384. The maximum absolute atomic E-state index is 13.4. The molecule has 0 aromatic heterocycles. The second-order valence-electron chi connectivity index (χ2n) is 9.62. The number of nitrogens with zero attached hydrogens (tertiary/aromatic N) is 3. The van der Waals surface area contributed by atoms with E-state index in [0.717, 1.165) is 38.8 Å². The number of hydrogen-bond acceptors (Lipinski definition) is 5. The van der Waals surface area contributed by atoms with E-state index in [-0.39, 0.29) is 31.0 Å². The molecule has 10 heteroatoms. The molecular formula is C27H34Cl2N4O4. The number of amides is 3. The second-order valence-corrected chi connectivity index (χ2v) is 10.4. The van der Waals surface area contributed by atoms with Crippen molar-refractivity contribution in [2.24, 2.45) is 5.92 Å². The number of hydrogen-bond donors (Lipinski definition) is 1. The summed E-state index contributed by atoms with van der Waals surface area (Å²) >= 11 is 12.4. The van der Waals surface area contributed by atoms with E-state index in [1.54, 1.807) is 31.2 Å². The van der Waals surface area contributed by atoms with E-state index < -0.39 is 12.0 Å². The largest absolute Gasteiger partial charge is 0.463 e. The molecule has 2 fully saturated rings. The first-order valence-electron chi connectivity index (χ1n) is 12.9. The Labute approximate surface area is 228 Å². The second kappa shape index (κ2) is 12.3. The van der Waals surface area contributed by atoms with Gasteiger partial charge in [-0.2, -0.15) is 0 Å². The summed E-state index contributed by atoms with van der Waals surface area (Å²) in [6, 6.07) is 3.96. The van der Waals surface area contributed by atoms with Gasteiger partial charge in [-0.1, -0.05) is 41.8 Å². The number of benzene rings is 1. The highest BCUT2D eigenvalue weighted by molar-refractivity contribution is 6.42. The lowest BCUT2D eigenvalue weighted by molar-refractivity contribution is -0.139. The normalized spacial score (nSPS) is 21.3. The van der Waals surface area contributed by atoms with Crippen LogP contribution in [0.2, 0.25) is 10.0 Å². The Bertz CT molecular complexity index is 1090. The SMILES string of the molecule is C=CCN1C(=O)NC(c2ccc(Cl)c(Cl)c2)C(C(=O)OCC)=C1CN1CCCN(C(=O)C2CCC2)CC1. The fraction of sp³-hybridized carbons (Fsp3) is 0.519. The summed E-state index contributed by atoms with van der Waals surface area (Å²) in [7, 11) is 0. The van der Waals surface area contributed by atoms with Crippen molar-refractivity contribution in [2.75, 3.05) is 45.9 Å². The monoisotopic (exact) mass is 548 g/mol. The van der Waals surface area contributed by atoms with Crippen LogP contribution in [0.1, 0.15) is 44.2 Å². The molecule has 1 unspecified atom stereocenters. The first-order valence-corrected chi connectivity index (χ1v) is 13.6. The van der Waals surface area contributed by atoms with E-state index in [1.807, 2.05) is 4.90 Å². The third kappa shape index (κ3) is 6.13. The number of nitrogens with one attached hydrogen (secondary N) is 1. The van der Waals surface area contributed by atoms with E-state index in [2.05, 4.69) is 16.8 Å².